The fourth-order valence-electron chi connectivity index (χ4n) is 4.30. The molecule has 2 aromatic rings. The highest BCUT2D eigenvalue weighted by Crippen LogP contribution is 2.39. The molecule has 0 radical (unpaired) electrons. The number of amides is 2. The molecule has 35 heavy (non-hydrogen) atoms. The number of sulfonamides is 1. The number of pyridine rings is 1. The maximum Gasteiger partial charge on any atom is 0.268 e. The van der Waals surface area contributed by atoms with Gasteiger partial charge in [-0.2, -0.15) is 0 Å². The van der Waals surface area contributed by atoms with Crippen LogP contribution in [0.2, 0.25) is 5.02 Å². The lowest BCUT2D eigenvalue weighted by Gasteiger charge is -2.26. The monoisotopic (exact) mass is 515 g/mol. The number of hydrogen-bond donors (Lipinski definition) is 1. The normalized spacial score (nSPS) is 16.2. The van der Waals surface area contributed by atoms with E-state index in [0.29, 0.717) is 18.4 Å². The van der Waals surface area contributed by atoms with Gasteiger partial charge in [0.2, 0.25) is 0 Å². The molecule has 2 amide bonds. The summed E-state index contributed by atoms with van der Waals surface area (Å²) in [6, 6.07) is 4.19. The number of hydrogen-bond acceptors (Lipinski definition) is 5. The zero-order valence-corrected chi connectivity index (χ0v) is 21.7. The third kappa shape index (κ3) is 4.34. The predicted molar refractivity (Wildman–Crippen MR) is 136 cm³/mol. The summed E-state index contributed by atoms with van der Waals surface area (Å²) in [4.78, 5) is 39.8. The van der Waals surface area contributed by atoms with Crippen LogP contribution in [0.5, 0.6) is 0 Å². The van der Waals surface area contributed by atoms with E-state index in [9.17, 15) is 22.8 Å². The van der Waals surface area contributed by atoms with Gasteiger partial charge < -0.3 is 4.57 Å². The molecule has 0 saturated carbocycles. The summed E-state index contributed by atoms with van der Waals surface area (Å²) >= 11 is 6.27. The first-order valence-corrected chi connectivity index (χ1v) is 12.9. The largest absolute Gasteiger partial charge is 0.316 e. The number of anilines is 2. The molecule has 0 fully saturated rings. The van der Waals surface area contributed by atoms with E-state index in [1.807, 2.05) is 6.08 Å². The highest BCUT2D eigenvalue weighted by atomic mass is 35.5. The number of aromatic nitrogens is 1. The quantitative estimate of drug-likeness (QED) is 0.602. The van der Waals surface area contributed by atoms with Crippen LogP contribution in [0, 0.1) is 12.3 Å². The number of fused-ring (bicyclic) bond motifs is 1. The molecule has 4 rings (SSSR count). The van der Waals surface area contributed by atoms with Crippen molar-refractivity contribution in [3.05, 3.63) is 79.1 Å². The average molecular weight is 516 g/mol. The average Bonchev–Trinajstić information content (AvgIpc) is 3.04. The van der Waals surface area contributed by atoms with E-state index in [2.05, 4.69) is 25.5 Å². The fraction of sp³-hybridized carbons (Fsp3) is 0.320. The molecule has 184 valence electrons. The zero-order valence-electron chi connectivity index (χ0n) is 20.1. The number of carbonyl (C=O) groups excluding carboxylic acids is 2. The van der Waals surface area contributed by atoms with Crippen LogP contribution < -0.4 is 15.2 Å². The Labute approximate surface area is 208 Å². The lowest BCUT2D eigenvalue weighted by Crippen LogP contribution is -2.31. The van der Waals surface area contributed by atoms with Crippen molar-refractivity contribution in [3.63, 3.8) is 0 Å². The molecule has 0 atom stereocenters. The number of rotatable bonds is 4. The summed E-state index contributed by atoms with van der Waals surface area (Å²) in [5, 5.41) is 0.0278. The topological polar surface area (TPSA) is 106 Å². The number of benzene rings is 1. The third-order valence-corrected chi connectivity index (χ3v) is 8.09. The van der Waals surface area contributed by atoms with Crippen molar-refractivity contribution in [1.82, 2.24) is 4.57 Å². The first kappa shape index (κ1) is 24.9. The SMILES string of the molecule is Cc1cc(N2C(=O)c3c(Cl)ccc(NS(=O)(=O)C4=CC=C(C(C)(C)C)CC4)c3C2=O)cn(C)c1=O. The van der Waals surface area contributed by atoms with E-state index >= 15 is 0 Å². The number of nitrogens with one attached hydrogen (secondary N) is 1. The Hall–Kier alpha value is -3.17. The second kappa shape index (κ2) is 8.49. The second-order valence-electron chi connectivity index (χ2n) is 9.77. The van der Waals surface area contributed by atoms with Crippen LogP contribution in [0.1, 0.15) is 59.9 Å². The Kier molecular flexibility index (Phi) is 6.05. The minimum Gasteiger partial charge on any atom is -0.316 e. The van der Waals surface area contributed by atoms with E-state index in [1.54, 1.807) is 13.0 Å². The van der Waals surface area contributed by atoms with Crippen molar-refractivity contribution in [3.8, 4) is 0 Å². The standard InChI is InChI=1S/C25H26ClN3O5S/c1-14-12-16(13-28(5)22(14)30)29-23(31)20-18(26)10-11-19(21(20)24(29)32)27-35(33,34)17-8-6-15(7-9-17)25(2,3)4/h6,8,10-13,27H,7,9H2,1-5H3. The van der Waals surface area contributed by atoms with Crippen molar-refractivity contribution in [1.29, 1.82) is 0 Å². The summed E-state index contributed by atoms with van der Waals surface area (Å²) in [7, 11) is -2.47. The summed E-state index contributed by atoms with van der Waals surface area (Å²) < 4.78 is 30.1. The van der Waals surface area contributed by atoms with Crippen molar-refractivity contribution in [2.45, 2.75) is 40.5 Å². The maximum absolute atomic E-state index is 13.4. The lowest BCUT2D eigenvalue weighted by atomic mass is 9.82. The Morgan fingerprint density at radius 2 is 1.66 bits per heavy atom. The summed E-state index contributed by atoms with van der Waals surface area (Å²) in [5.74, 6) is -1.42. The second-order valence-corrected chi connectivity index (χ2v) is 11.9. The molecule has 0 spiro atoms. The molecule has 0 saturated heterocycles. The van der Waals surface area contributed by atoms with Gasteiger partial charge in [-0.15, -0.1) is 0 Å². The number of nitrogens with zero attached hydrogens (tertiary/aromatic N) is 2. The highest BCUT2D eigenvalue weighted by Gasteiger charge is 2.41. The van der Waals surface area contributed by atoms with Gasteiger partial charge in [0, 0.05) is 18.8 Å². The number of allylic oxidation sites excluding steroid dienone is 4. The first-order chi connectivity index (χ1) is 16.2. The minimum absolute atomic E-state index is 0.0278. The molecule has 10 heteroatoms. The highest BCUT2D eigenvalue weighted by molar-refractivity contribution is 7.96. The van der Waals surface area contributed by atoms with Crippen LogP contribution in [0.4, 0.5) is 11.4 Å². The number of aryl methyl sites for hydroxylation is 2. The van der Waals surface area contributed by atoms with Gasteiger partial charge in [0.25, 0.3) is 27.4 Å². The van der Waals surface area contributed by atoms with Crippen LogP contribution >= 0.6 is 11.6 Å². The van der Waals surface area contributed by atoms with Crippen LogP contribution in [0.25, 0.3) is 0 Å². The van der Waals surface area contributed by atoms with Gasteiger partial charge in [-0.3, -0.25) is 19.1 Å². The van der Waals surface area contributed by atoms with E-state index in [0.717, 1.165) is 10.5 Å². The lowest BCUT2D eigenvalue weighted by molar-refractivity contribution is 0.0926. The van der Waals surface area contributed by atoms with E-state index < -0.39 is 21.8 Å². The molecule has 2 heterocycles. The Balaban J connectivity index is 1.74. The smallest absolute Gasteiger partial charge is 0.268 e. The summed E-state index contributed by atoms with van der Waals surface area (Å²) in [5.41, 5.74) is 1.12. The van der Waals surface area contributed by atoms with Gasteiger partial charge in [-0.1, -0.05) is 44.0 Å². The summed E-state index contributed by atoms with van der Waals surface area (Å²) in [6.07, 6.45) is 5.70. The molecule has 0 bridgehead atoms. The molecule has 2 aliphatic rings. The van der Waals surface area contributed by atoms with Crippen LogP contribution in [-0.2, 0) is 17.1 Å². The van der Waals surface area contributed by atoms with Crippen molar-refractivity contribution in [2.75, 3.05) is 9.62 Å². The molecule has 8 nitrogen and oxygen atoms in total. The number of halogens is 1. The Morgan fingerprint density at radius 1 is 1.00 bits per heavy atom. The van der Waals surface area contributed by atoms with Crippen molar-refractivity contribution >= 4 is 44.8 Å². The van der Waals surface area contributed by atoms with Gasteiger partial charge in [-0.25, -0.2) is 13.3 Å². The molecule has 0 unspecified atom stereocenters. The molecule has 1 aliphatic carbocycles. The predicted octanol–water partition coefficient (Wildman–Crippen LogP) is 4.54. The van der Waals surface area contributed by atoms with Gasteiger partial charge in [0.05, 0.1) is 32.4 Å². The molecule has 1 aromatic heterocycles. The van der Waals surface area contributed by atoms with Crippen LogP contribution in [0.3, 0.4) is 0 Å². The van der Waals surface area contributed by atoms with E-state index in [4.69, 9.17) is 11.6 Å². The molecule has 1 N–H and O–H groups in total. The summed E-state index contributed by atoms with van der Waals surface area (Å²) in [6.45, 7) is 7.79. The van der Waals surface area contributed by atoms with Crippen molar-refractivity contribution < 1.29 is 18.0 Å². The molecule has 1 aromatic carbocycles. The fourth-order valence-corrected chi connectivity index (χ4v) is 5.75. The van der Waals surface area contributed by atoms with Crippen LogP contribution in [-0.4, -0.2) is 24.8 Å². The zero-order chi connectivity index (χ0) is 25.9. The Morgan fingerprint density at radius 3 is 2.23 bits per heavy atom. The van der Waals surface area contributed by atoms with E-state index in [-0.39, 0.29) is 43.4 Å². The van der Waals surface area contributed by atoms with Gasteiger partial charge in [-0.05, 0) is 49.5 Å². The maximum atomic E-state index is 13.4. The molecular formula is C25H26ClN3O5S. The Bertz CT molecular complexity index is 1480. The number of carbonyl (C=O) groups is 2. The van der Waals surface area contributed by atoms with Gasteiger partial charge in [0.1, 0.15) is 0 Å². The van der Waals surface area contributed by atoms with Gasteiger partial charge >= 0.3 is 0 Å². The molecule has 1 aliphatic heterocycles. The van der Waals surface area contributed by atoms with Crippen molar-refractivity contribution in [2.24, 2.45) is 12.5 Å². The third-order valence-electron chi connectivity index (χ3n) is 6.26. The van der Waals surface area contributed by atoms with Gasteiger partial charge in [0.15, 0.2) is 0 Å². The minimum atomic E-state index is -3.99. The van der Waals surface area contributed by atoms with Crippen LogP contribution in [0.15, 0.2) is 51.8 Å². The van der Waals surface area contributed by atoms with E-state index in [1.165, 1.54) is 36.0 Å². The molecular weight excluding hydrogens is 490 g/mol. The first-order valence-electron chi connectivity index (χ1n) is 11.0. The number of imide groups is 1.